The van der Waals surface area contributed by atoms with Crippen LogP contribution in [0.2, 0.25) is 0 Å². The Morgan fingerprint density at radius 1 is 1.03 bits per heavy atom. The van der Waals surface area contributed by atoms with E-state index in [4.69, 9.17) is 14.2 Å². The number of aromatic nitrogens is 1. The second-order valence-electron chi connectivity index (χ2n) is 15.9. The number of nitrogens with zero attached hydrogens (tertiary/aromatic N) is 3. The Labute approximate surface area is 337 Å². The molecule has 7 rings (SSSR count). The number of fused-ring (bicyclic) bond motifs is 3. The van der Waals surface area contributed by atoms with Crippen LogP contribution in [0.5, 0.6) is 17.4 Å². The quantitative estimate of drug-likeness (QED) is 0.276. The lowest BCUT2D eigenvalue weighted by Crippen LogP contribution is -2.59. The fourth-order valence-electron chi connectivity index (χ4n) is 8.23. The summed E-state index contributed by atoms with van der Waals surface area (Å²) < 4.78 is 59.4. The van der Waals surface area contributed by atoms with Gasteiger partial charge in [-0.15, -0.1) is 0 Å². The number of likely N-dealkylation sites (N-methyl/N-ethyl adjacent to an activating group) is 1. The Hall–Kier alpha value is -5.25. The topological polar surface area (TPSA) is 174 Å². The number of hydrogen-bond donors (Lipinski definition) is 2. The van der Waals surface area contributed by atoms with Crippen LogP contribution in [0.4, 0.5) is 9.18 Å². The van der Waals surface area contributed by atoms with E-state index < -0.39 is 80.5 Å². The van der Waals surface area contributed by atoms with Crippen LogP contribution in [0.3, 0.4) is 0 Å². The minimum Gasteiger partial charge on any atom is -0.492 e. The molecule has 7 atom stereocenters. The Morgan fingerprint density at radius 3 is 2.48 bits per heavy atom. The van der Waals surface area contributed by atoms with Crippen molar-refractivity contribution in [1.29, 1.82) is 0 Å². The fraction of sp³-hybridized carbons (Fsp3) is 0.500. The fourth-order valence-corrected chi connectivity index (χ4v) is 9.80. The van der Waals surface area contributed by atoms with Crippen molar-refractivity contribution in [3.05, 3.63) is 72.7 Å². The van der Waals surface area contributed by atoms with Gasteiger partial charge in [-0.05, 0) is 75.5 Å². The maximum Gasteiger partial charge on any atom is 0.413 e. The number of hydrogen-bond acceptors (Lipinski definition) is 10. The van der Waals surface area contributed by atoms with Crippen molar-refractivity contribution in [2.75, 3.05) is 20.2 Å². The number of amides is 4. The van der Waals surface area contributed by atoms with Crippen molar-refractivity contribution in [2.24, 2.45) is 17.8 Å². The Bertz CT molecular complexity index is 2220. The SMILES string of the molecule is CCOc1cnc(O[C@@H]2C[C@H]3C(=O)N[C@]4(C(=O)N(C)S(=O)(=O)C5CC5)C[C@H]4/C=C\CC[C@@H](C)C[C@@H](C)[C@H](NC(=O)Oc4ccccc4F)C(=O)N3C2)c2ccccc12. The van der Waals surface area contributed by atoms with Crippen LogP contribution in [0, 0.1) is 23.6 Å². The second kappa shape index (κ2) is 16.5. The maximum atomic E-state index is 14.9. The molecule has 0 spiro atoms. The molecule has 0 radical (unpaired) electrons. The monoisotopic (exact) mass is 819 g/mol. The molecule has 16 heteroatoms. The van der Waals surface area contributed by atoms with Crippen molar-refractivity contribution in [2.45, 2.75) is 94.7 Å². The van der Waals surface area contributed by atoms with Crippen LogP contribution in [0.25, 0.3) is 10.8 Å². The third-order valence-electron chi connectivity index (χ3n) is 11.6. The summed E-state index contributed by atoms with van der Waals surface area (Å²) in [6.07, 6.45) is 6.47. The Balaban J connectivity index is 1.23. The van der Waals surface area contributed by atoms with Gasteiger partial charge in [0.15, 0.2) is 11.6 Å². The number of nitrogens with one attached hydrogen (secondary N) is 2. The average Bonchev–Trinajstić information content (AvgIpc) is 4.13. The van der Waals surface area contributed by atoms with Crippen LogP contribution >= 0.6 is 0 Å². The molecule has 310 valence electrons. The highest BCUT2D eigenvalue weighted by atomic mass is 32.2. The summed E-state index contributed by atoms with van der Waals surface area (Å²) in [5, 5.41) is 6.35. The summed E-state index contributed by atoms with van der Waals surface area (Å²) in [7, 11) is -2.70. The molecule has 4 amide bonds. The van der Waals surface area contributed by atoms with E-state index in [1.807, 2.05) is 57.2 Å². The van der Waals surface area contributed by atoms with Gasteiger partial charge in [0.05, 0.1) is 24.6 Å². The van der Waals surface area contributed by atoms with Crippen molar-refractivity contribution >= 4 is 44.6 Å². The number of sulfonamides is 1. The molecule has 4 aliphatic rings. The van der Waals surface area contributed by atoms with Gasteiger partial charge in [0.25, 0.3) is 5.91 Å². The molecule has 1 aromatic heterocycles. The van der Waals surface area contributed by atoms with Gasteiger partial charge >= 0.3 is 6.09 Å². The standard InChI is InChI=1S/C42H50FN5O9S/c1-5-55-35-23-44-38(31-15-9-8-14-30(31)35)56-28-21-33-37(49)46-42(40(51)47(4)58(53,54)29-18-19-29)22-27(42)13-7-6-12-25(2)20-26(3)36(39(50)48(33)24-28)45-41(52)57-34-17-11-10-16-32(34)43/h7-11,13-17,23,25-29,33,36H,5-6,12,18-22,24H2,1-4H3,(H,45,52)(H,46,49)/b13-7-/t25-,26-,27-,28-,33+,36+,42-/m1/s1. The van der Waals surface area contributed by atoms with E-state index in [1.165, 1.54) is 30.1 Å². The molecule has 2 aliphatic heterocycles. The van der Waals surface area contributed by atoms with Gasteiger partial charge in [-0.2, -0.15) is 0 Å². The number of carbonyl (C=O) groups excluding carboxylic acids is 4. The molecule has 3 fully saturated rings. The molecular formula is C42H50FN5O9S. The molecule has 58 heavy (non-hydrogen) atoms. The largest absolute Gasteiger partial charge is 0.492 e. The number of carbonyl (C=O) groups is 4. The maximum absolute atomic E-state index is 14.9. The van der Waals surface area contributed by atoms with E-state index in [0.717, 1.165) is 15.8 Å². The van der Waals surface area contributed by atoms with E-state index >= 15 is 0 Å². The summed E-state index contributed by atoms with van der Waals surface area (Å²) in [5.74, 6) is -3.12. The predicted octanol–water partition coefficient (Wildman–Crippen LogP) is 5.12. The molecule has 3 heterocycles. The molecule has 2 saturated carbocycles. The number of ether oxygens (including phenoxy) is 3. The normalized spacial score (nSPS) is 28.2. The summed E-state index contributed by atoms with van der Waals surface area (Å²) in [6, 6.07) is 10.4. The number of pyridine rings is 1. The molecule has 14 nitrogen and oxygen atoms in total. The van der Waals surface area contributed by atoms with Gasteiger partial charge in [-0.1, -0.05) is 56.3 Å². The van der Waals surface area contributed by atoms with Gasteiger partial charge in [-0.25, -0.2) is 26.9 Å². The Kier molecular flexibility index (Phi) is 11.7. The summed E-state index contributed by atoms with van der Waals surface area (Å²) >= 11 is 0. The first-order chi connectivity index (χ1) is 27.7. The number of halogens is 1. The third kappa shape index (κ3) is 8.34. The lowest BCUT2D eigenvalue weighted by Gasteiger charge is -2.33. The highest BCUT2D eigenvalue weighted by molar-refractivity contribution is 7.90. The third-order valence-corrected chi connectivity index (χ3v) is 13.9. The lowest BCUT2D eigenvalue weighted by atomic mass is 9.88. The smallest absolute Gasteiger partial charge is 0.413 e. The van der Waals surface area contributed by atoms with Crippen LogP contribution in [0.1, 0.15) is 65.7 Å². The van der Waals surface area contributed by atoms with Crippen molar-refractivity contribution in [3.63, 3.8) is 0 Å². The first kappa shape index (κ1) is 40.9. The van der Waals surface area contributed by atoms with Gasteiger partial charge in [0, 0.05) is 30.2 Å². The van der Waals surface area contributed by atoms with Crippen LogP contribution < -0.4 is 24.8 Å². The highest BCUT2D eigenvalue weighted by Gasteiger charge is 2.63. The molecule has 1 saturated heterocycles. The van der Waals surface area contributed by atoms with Crippen molar-refractivity contribution in [3.8, 4) is 17.4 Å². The molecular weight excluding hydrogens is 770 g/mol. The minimum atomic E-state index is -3.93. The van der Waals surface area contributed by atoms with E-state index in [1.54, 1.807) is 6.20 Å². The van der Waals surface area contributed by atoms with Crippen LogP contribution in [0.15, 0.2) is 66.9 Å². The first-order valence-electron chi connectivity index (χ1n) is 19.9. The lowest BCUT2D eigenvalue weighted by molar-refractivity contribution is -0.142. The summed E-state index contributed by atoms with van der Waals surface area (Å²) in [4.78, 5) is 62.9. The minimum absolute atomic E-state index is 0.0149. The van der Waals surface area contributed by atoms with Crippen LogP contribution in [-0.2, 0) is 24.4 Å². The number of allylic oxidation sites excluding steroid dienone is 1. The first-order valence-corrected chi connectivity index (χ1v) is 21.4. The Morgan fingerprint density at radius 2 is 1.76 bits per heavy atom. The molecule has 2 aliphatic carbocycles. The van der Waals surface area contributed by atoms with Gasteiger partial charge in [0.1, 0.15) is 29.5 Å². The highest BCUT2D eigenvalue weighted by Crippen LogP contribution is 2.48. The van der Waals surface area contributed by atoms with Gasteiger partial charge < -0.3 is 29.7 Å². The van der Waals surface area contributed by atoms with E-state index in [2.05, 4.69) is 15.6 Å². The molecule has 3 aromatic rings. The zero-order valence-corrected chi connectivity index (χ0v) is 33.9. The summed E-state index contributed by atoms with van der Waals surface area (Å²) in [6.45, 7) is 6.05. The van der Waals surface area contributed by atoms with Crippen molar-refractivity contribution in [1.82, 2.24) is 24.8 Å². The van der Waals surface area contributed by atoms with E-state index in [-0.39, 0.29) is 36.9 Å². The van der Waals surface area contributed by atoms with E-state index in [0.29, 0.717) is 49.8 Å². The van der Waals surface area contributed by atoms with E-state index in [9.17, 15) is 32.0 Å². The van der Waals surface area contributed by atoms with Gasteiger partial charge in [0.2, 0.25) is 27.7 Å². The van der Waals surface area contributed by atoms with Crippen LogP contribution in [-0.4, -0.2) is 95.6 Å². The molecule has 0 unspecified atom stereocenters. The zero-order valence-electron chi connectivity index (χ0n) is 33.1. The van der Waals surface area contributed by atoms with Crippen molar-refractivity contribution < 1.29 is 46.2 Å². The second-order valence-corrected chi connectivity index (χ2v) is 18.2. The molecule has 2 N–H and O–H groups in total. The molecule has 2 aromatic carbocycles. The summed E-state index contributed by atoms with van der Waals surface area (Å²) in [5.41, 5.74) is -1.55. The average molecular weight is 820 g/mol. The zero-order chi connectivity index (χ0) is 41.4. The number of benzene rings is 2. The number of para-hydroxylation sites is 1. The predicted molar refractivity (Wildman–Crippen MR) is 212 cm³/mol. The molecule has 0 bridgehead atoms. The number of rotatable bonds is 9. The van der Waals surface area contributed by atoms with Gasteiger partial charge in [-0.3, -0.25) is 14.4 Å².